The van der Waals surface area contributed by atoms with Crippen LogP contribution in [0.2, 0.25) is 0 Å². The van der Waals surface area contributed by atoms with Crippen LogP contribution in [-0.4, -0.2) is 37.0 Å². The van der Waals surface area contributed by atoms with Gasteiger partial charge in [-0.05, 0) is 55.2 Å². The van der Waals surface area contributed by atoms with E-state index >= 15 is 0 Å². The van der Waals surface area contributed by atoms with E-state index in [0.717, 1.165) is 11.1 Å². The van der Waals surface area contributed by atoms with Crippen molar-refractivity contribution in [3.05, 3.63) is 70.7 Å². The molecular weight excluding hydrogens is 359 g/mol. The van der Waals surface area contributed by atoms with Gasteiger partial charge in [0.25, 0.3) is 11.8 Å². The second-order valence-electron chi connectivity index (χ2n) is 6.79. The number of carbonyl (C=O) groups is 2. The van der Waals surface area contributed by atoms with Gasteiger partial charge in [-0.1, -0.05) is 24.3 Å². The lowest BCUT2D eigenvalue weighted by Crippen LogP contribution is -2.33. The number of amides is 2. The molecule has 0 unspecified atom stereocenters. The molecule has 0 saturated carbocycles. The summed E-state index contributed by atoms with van der Waals surface area (Å²) in [5.41, 5.74) is 3.66. The number of nitrogens with zero attached hydrogens (tertiary/aromatic N) is 1. The number of hydrogen-bond acceptors (Lipinski definition) is 4. The Morgan fingerprint density at radius 1 is 1.04 bits per heavy atom. The van der Waals surface area contributed by atoms with E-state index in [1.54, 1.807) is 19.2 Å². The molecule has 1 heterocycles. The number of imide groups is 1. The zero-order chi connectivity index (χ0) is 20.3. The van der Waals surface area contributed by atoms with E-state index in [1.165, 1.54) is 17.0 Å². The molecule has 0 atom stereocenters. The molecular formula is C22H23FN2O3. The van der Waals surface area contributed by atoms with Crippen LogP contribution in [0.4, 0.5) is 10.1 Å². The molecule has 146 valence electrons. The minimum Gasteiger partial charge on any atom is -0.385 e. The fourth-order valence-corrected chi connectivity index (χ4v) is 3.14. The van der Waals surface area contributed by atoms with E-state index in [-0.39, 0.29) is 18.1 Å². The number of methoxy groups -OCH3 is 1. The van der Waals surface area contributed by atoms with E-state index < -0.39 is 11.7 Å². The van der Waals surface area contributed by atoms with E-state index in [4.69, 9.17) is 4.74 Å². The van der Waals surface area contributed by atoms with Crippen LogP contribution in [0.3, 0.4) is 0 Å². The summed E-state index contributed by atoms with van der Waals surface area (Å²) in [7, 11) is 1.57. The highest BCUT2D eigenvalue weighted by Crippen LogP contribution is 2.31. The van der Waals surface area contributed by atoms with Gasteiger partial charge in [-0.2, -0.15) is 0 Å². The molecule has 5 nitrogen and oxygen atoms in total. The molecule has 2 amide bonds. The molecule has 0 aliphatic carbocycles. The Morgan fingerprint density at radius 3 is 2.50 bits per heavy atom. The highest BCUT2D eigenvalue weighted by molar-refractivity contribution is 6.36. The number of hydrogen-bond donors (Lipinski definition) is 1. The largest absolute Gasteiger partial charge is 0.385 e. The molecule has 2 aromatic carbocycles. The molecule has 1 N–H and O–H groups in total. The van der Waals surface area contributed by atoms with Crippen LogP contribution in [0.1, 0.15) is 23.1 Å². The monoisotopic (exact) mass is 382 g/mol. The Hall–Kier alpha value is -2.99. The zero-order valence-electron chi connectivity index (χ0n) is 16.2. The molecule has 28 heavy (non-hydrogen) atoms. The van der Waals surface area contributed by atoms with Crippen LogP contribution in [0.5, 0.6) is 0 Å². The van der Waals surface area contributed by atoms with Crippen molar-refractivity contribution in [3.8, 4) is 0 Å². The van der Waals surface area contributed by atoms with Crippen molar-refractivity contribution in [1.82, 2.24) is 4.90 Å². The first kappa shape index (κ1) is 19.8. The highest BCUT2D eigenvalue weighted by atomic mass is 19.1. The zero-order valence-corrected chi connectivity index (χ0v) is 16.2. The smallest absolute Gasteiger partial charge is 0.278 e. The maximum atomic E-state index is 13.6. The van der Waals surface area contributed by atoms with Gasteiger partial charge in [-0.15, -0.1) is 0 Å². The van der Waals surface area contributed by atoms with Crippen LogP contribution in [-0.2, 0) is 14.3 Å². The van der Waals surface area contributed by atoms with Crippen molar-refractivity contribution in [3.63, 3.8) is 0 Å². The lowest BCUT2D eigenvalue weighted by molar-refractivity contribution is -0.136. The number of halogens is 1. The third-order valence-corrected chi connectivity index (χ3v) is 4.79. The minimum atomic E-state index is -0.424. The summed E-state index contributed by atoms with van der Waals surface area (Å²) >= 11 is 0. The Morgan fingerprint density at radius 2 is 1.82 bits per heavy atom. The third kappa shape index (κ3) is 3.97. The molecule has 6 heteroatoms. The molecule has 0 radical (unpaired) electrons. The van der Waals surface area contributed by atoms with Crippen molar-refractivity contribution in [2.75, 3.05) is 25.6 Å². The molecule has 0 spiro atoms. The van der Waals surface area contributed by atoms with E-state index in [0.29, 0.717) is 29.9 Å². The molecule has 2 aromatic rings. The number of ether oxygens (including phenoxy) is 1. The van der Waals surface area contributed by atoms with Gasteiger partial charge >= 0.3 is 0 Å². The van der Waals surface area contributed by atoms with Gasteiger partial charge in [-0.25, -0.2) is 4.39 Å². The highest BCUT2D eigenvalue weighted by Gasteiger charge is 2.38. The van der Waals surface area contributed by atoms with Crippen LogP contribution in [0.15, 0.2) is 48.2 Å². The first-order valence-electron chi connectivity index (χ1n) is 9.12. The normalized spacial score (nSPS) is 14.2. The first-order chi connectivity index (χ1) is 13.4. The predicted molar refractivity (Wildman–Crippen MR) is 106 cm³/mol. The predicted octanol–water partition coefficient (Wildman–Crippen LogP) is 3.67. The number of carbonyl (C=O) groups excluding carboxylic acids is 2. The van der Waals surface area contributed by atoms with Gasteiger partial charge in [0.15, 0.2) is 0 Å². The Bertz CT molecular complexity index is 953. The van der Waals surface area contributed by atoms with Gasteiger partial charge in [0.2, 0.25) is 0 Å². The summed E-state index contributed by atoms with van der Waals surface area (Å²) in [6.45, 7) is 4.64. The van der Waals surface area contributed by atoms with Crippen LogP contribution in [0.25, 0.3) is 5.57 Å². The SMILES string of the molecule is COCCCN1C(=O)C(Nc2cccc(F)c2)=C(c2ccc(C)c(C)c2)C1=O. The number of anilines is 1. The fraction of sp³-hybridized carbons (Fsp3) is 0.273. The molecule has 1 aliphatic heterocycles. The van der Waals surface area contributed by atoms with Gasteiger partial charge < -0.3 is 10.1 Å². The number of benzene rings is 2. The van der Waals surface area contributed by atoms with Crippen molar-refractivity contribution in [2.24, 2.45) is 0 Å². The Balaban J connectivity index is 2.03. The van der Waals surface area contributed by atoms with Crippen molar-refractivity contribution in [2.45, 2.75) is 20.3 Å². The van der Waals surface area contributed by atoms with Crippen LogP contribution >= 0.6 is 0 Å². The summed E-state index contributed by atoms with van der Waals surface area (Å²) in [5, 5.41) is 2.96. The van der Waals surface area contributed by atoms with Gasteiger partial charge in [0, 0.05) is 25.9 Å². The molecule has 0 fully saturated rings. The summed E-state index contributed by atoms with van der Waals surface area (Å²) < 4.78 is 18.6. The number of rotatable bonds is 7. The lowest BCUT2D eigenvalue weighted by atomic mass is 9.99. The maximum absolute atomic E-state index is 13.6. The van der Waals surface area contributed by atoms with E-state index in [9.17, 15) is 14.0 Å². The summed E-state index contributed by atoms with van der Waals surface area (Å²) in [5.74, 6) is -1.20. The Labute approximate surface area is 163 Å². The van der Waals surface area contributed by atoms with Crippen molar-refractivity contribution >= 4 is 23.1 Å². The van der Waals surface area contributed by atoms with E-state index in [2.05, 4.69) is 5.32 Å². The molecule has 0 bridgehead atoms. The number of nitrogens with one attached hydrogen (secondary N) is 1. The fourth-order valence-electron chi connectivity index (χ4n) is 3.14. The average molecular weight is 382 g/mol. The summed E-state index contributed by atoms with van der Waals surface area (Å²) in [6.07, 6.45) is 0.543. The number of aryl methyl sites for hydroxylation is 2. The van der Waals surface area contributed by atoms with Gasteiger partial charge in [-0.3, -0.25) is 14.5 Å². The Kier molecular flexibility index (Phi) is 5.90. The lowest BCUT2D eigenvalue weighted by Gasteiger charge is -2.15. The second kappa shape index (κ2) is 8.35. The maximum Gasteiger partial charge on any atom is 0.278 e. The molecule has 1 aliphatic rings. The second-order valence-corrected chi connectivity index (χ2v) is 6.79. The van der Waals surface area contributed by atoms with Crippen LogP contribution < -0.4 is 5.32 Å². The quantitative estimate of drug-likeness (QED) is 0.586. The van der Waals surface area contributed by atoms with Crippen molar-refractivity contribution < 1.29 is 18.7 Å². The summed E-state index contributed by atoms with van der Waals surface area (Å²) in [4.78, 5) is 27.3. The first-order valence-corrected chi connectivity index (χ1v) is 9.12. The molecule has 0 saturated heterocycles. The summed E-state index contributed by atoms with van der Waals surface area (Å²) in [6, 6.07) is 11.4. The molecule has 3 rings (SSSR count). The topological polar surface area (TPSA) is 58.6 Å². The average Bonchev–Trinajstić information content (AvgIpc) is 2.88. The standard InChI is InChI=1S/C22H23FN2O3/c1-14-8-9-16(12-15(14)2)19-20(24-18-7-4-6-17(23)13-18)22(27)25(21(19)26)10-5-11-28-3/h4,6-9,12-13,24H,5,10-11H2,1-3H3. The van der Waals surface area contributed by atoms with E-state index in [1.807, 2.05) is 32.0 Å². The molecule has 0 aromatic heterocycles. The van der Waals surface area contributed by atoms with Gasteiger partial charge in [0.05, 0.1) is 5.57 Å². The van der Waals surface area contributed by atoms with Crippen molar-refractivity contribution in [1.29, 1.82) is 0 Å². The minimum absolute atomic E-state index is 0.163. The van der Waals surface area contributed by atoms with Gasteiger partial charge in [0.1, 0.15) is 11.5 Å². The van der Waals surface area contributed by atoms with Crippen LogP contribution in [0, 0.1) is 19.7 Å². The third-order valence-electron chi connectivity index (χ3n) is 4.79.